The Morgan fingerprint density at radius 1 is 1.26 bits per heavy atom. The van der Waals surface area contributed by atoms with Gasteiger partial charge in [0.2, 0.25) is 8.32 Å². The van der Waals surface area contributed by atoms with Crippen molar-refractivity contribution in [3.05, 3.63) is 11.8 Å². The summed E-state index contributed by atoms with van der Waals surface area (Å²) in [5.74, 6) is -2.82. The van der Waals surface area contributed by atoms with E-state index in [4.69, 9.17) is 4.43 Å². The molecular weight excluding hydrogens is 331 g/mol. The first-order valence-electron chi connectivity index (χ1n) is 7.06. The van der Waals surface area contributed by atoms with E-state index in [0.717, 1.165) is 7.11 Å². The average molecular weight is 353 g/mol. The van der Waals surface area contributed by atoms with Crippen LogP contribution in [0.15, 0.2) is 11.8 Å². The summed E-state index contributed by atoms with van der Waals surface area (Å²) >= 11 is 0. The summed E-state index contributed by atoms with van der Waals surface area (Å²) < 4.78 is 48.5. The summed E-state index contributed by atoms with van der Waals surface area (Å²) in [6, 6.07) is -1.42. The topological polar surface area (TPSA) is 55.8 Å². The first-order chi connectivity index (χ1) is 10.2. The summed E-state index contributed by atoms with van der Waals surface area (Å²) in [7, 11) is -1.24. The van der Waals surface area contributed by atoms with E-state index in [2.05, 4.69) is 4.74 Å². The smallest absolute Gasteiger partial charge is 0.471 e. The van der Waals surface area contributed by atoms with Crippen LogP contribution in [0.4, 0.5) is 13.2 Å². The van der Waals surface area contributed by atoms with Gasteiger partial charge in [0.25, 0.3) is 0 Å². The van der Waals surface area contributed by atoms with Gasteiger partial charge in [0, 0.05) is 0 Å². The van der Waals surface area contributed by atoms with Crippen LogP contribution < -0.4 is 0 Å². The van der Waals surface area contributed by atoms with Crippen molar-refractivity contribution in [1.29, 1.82) is 0 Å². The highest BCUT2D eigenvalue weighted by molar-refractivity contribution is 6.74. The molecule has 0 N–H and O–H groups in total. The summed E-state index contributed by atoms with van der Waals surface area (Å²) in [4.78, 5) is 23.6. The molecule has 9 heteroatoms. The van der Waals surface area contributed by atoms with Gasteiger partial charge in [-0.3, -0.25) is 4.79 Å². The molecule has 132 valence electrons. The second kappa shape index (κ2) is 6.18. The van der Waals surface area contributed by atoms with E-state index in [1.165, 1.54) is 6.08 Å². The van der Waals surface area contributed by atoms with E-state index in [0.29, 0.717) is 4.90 Å². The predicted molar refractivity (Wildman–Crippen MR) is 79.9 cm³/mol. The van der Waals surface area contributed by atoms with Gasteiger partial charge in [-0.2, -0.15) is 13.2 Å². The Morgan fingerprint density at radius 2 is 1.78 bits per heavy atom. The number of rotatable bonds is 3. The zero-order valence-corrected chi connectivity index (χ0v) is 15.1. The third-order valence-electron chi connectivity index (χ3n) is 4.14. The second-order valence-corrected chi connectivity index (χ2v) is 11.6. The van der Waals surface area contributed by atoms with Crippen molar-refractivity contribution < 1.29 is 31.9 Å². The molecule has 0 aromatic rings. The number of methoxy groups -OCH3 is 1. The van der Waals surface area contributed by atoms with E-state index >= 15 is 0 Å². The van der Waals surface area contributed by atoms with Gasteiger partial charge < -0.3 is 14.1 Å². The molecule has 0 saturated heterocycles. The summed E-state index contributed by atoms with van der Waals surface area (Å²) in [6.07, 6.45) is -3.83. The molecule has 0 aromatic heterocycles. The minimum atomic E-state index is -5.06. The number of ether oxygens (including phenoxy) is 1. The van der Waals surface area contributed by atoms with Gasteiger partial charge in [0.1, 0.15) is 0 Å². The maximum Gasteiger partial charge on any atom is 0.471 e. The molecule has 5 nitrogen and oxygen atoms in total. The lowest BCUT2D eigenvalue weighted by Crippen LogP contribution is -2.48. The van der Waals surface area contributed by atoms with Crippen LogP contribution >= 0.6 is 0 Å². The van der Waals surface area contributed by atoms with Crippen molar-refractivity contribution in [2.75, 3.05) is 13.7 Å². The molecule has 0 fully saturated rings. The minimum absolute atomic E-state index is 0.171. The first kappa shape index (κ1) is 19.5. The Bertz CT molecular complexity index is 523. The molecule has 1 atom stereocenters. The molecule has 1 aliphatic rings. The third-order valence-corrected chi connectivity index (χ3v) is 8.53. The molecule has 1 rings (SSSR count). The summed E-state index contributed by atoms with van der Waals surface area (Å²) in [5.41, 5.74) is 0. The zero-order chi connectivity index (χ0) is 18.2. The Balaban J connectivity index is 3.06. The maximum absolute atomic E-state index is 12.7. The number of alkyl halides is 3. The number of amides is 1. The number of nitrogens with zero attached hydrogens (tertiary/aromatic N) is 1. The van der Waals surface area contributed by atoms with E-state index in [1.54, 1.807) is 0 Å². The van der Waals surface area contributed by atoms with Crippen LogP contribution in [-0.2, 0) is 18.8 Å². The van der Waals surface area contributed by atoms with Crippen molar-refractivity contribution in [3.63, 3.8) is 0 Å². The monoisotopic (exact) mass is 353 g/mol. The zero-order valence-electron chi connectivity index (χ0n) is 14.1. The van der Waals surface area contributed by atoms with Gasteiger partial charge >= 0.3 is 18.1 Å². The lowest BCUT2D eigenvalue weighted by atomic mass is 10.2. The van der Waals surface area contributed by atoms with Crippen LogP contribution in [0.3, 0.4) is 0 Å². The van der Waals surface area contributed by atoms with Crippen molar-refractivity contribution in [2.24, 2.45) is 0 Å². The van der Waals surface area contributed by atoms with Crippen LogP contribution in [0.1, 0.15) is 20.8 Å². The number of halogens is 3. The minimum Gasteiger partial charge on any atom is -0.545 e. The fraction of sp³-hybridized carbons (Fsp3) is 0.714. The van der Waals surface area contributed by atoms with Crippen LogP contribution in [0, 0.1) is 0 Å². The van der Waals surface area contributed by atoms with Crippen molar-refractivity contribution in [3.8, 4) is 0 Å². The third kappa shape index (κ3) is 4.27. The molecular formula is C14H22F3NO4Si. The molecule has 0 spiro atoms. The number of carbonyl (C=O) groups excluding carboxylic acids is 2. The molecule has 0 aliphatic carbocycles. The molecule has 23 heavy (non-hydrogen) atoms. The molecule has 1 aliphatic heterocycles. The fourth-order valence-corrected chi connectivity index (χ4v) is 2.90. The number of esters is 1. The average Bonchev–Trinajstić information content (AvgIpc) is 2.77. The molecule has 0 radical (unpaired) electrons. The molecule has 1 unspecified atom stereocenters. The van der Waals surface area contributed by atoms with Crippen molar-refractivity contribution in [2.45, 2.75) is 51.1 Å². The van der Waals surface area contributed by atoms with Gasteiger partial charge in [0.05, 0.1) is 19.4 Å². The number of carbonyl (C=O) groups is 2. The predicted octanol–water partition coefficient (Wildman–Crippen LogP) is 2.84. The van der Waals surface area contributed by atoms with Gasteiger partial charge in [-0.05, 0) is 24.2 Å². The SMILES string of the molecule is COC(=O)C1C=C(O[Si](C)(C)C(C)(C)C)CN1C(=O)C(F)(F)F. The standard InChI is InChI=1S/C14H22F3NO4Si/c1-13(2,3)23(5,6)22-9-7-10(11(19)21-4)18(8-9)12(20)14(15,16)17/h7,10H,8H2,1-6H3. The largest absolute Gasteiger partial charge is 0.545 e. The van der Waals surface area contributed by atoms with Gasteiger partial charge in [-0.1, -0.05) is 20.8 Å². The molecule has 0 saturated carbocycles. The van der Waals surface area contributed by atoms with Gasteiger partial charge in [-0.15, -0.1) is 0 Å². The normalized spacial score (nSPS) is 19.4. The number of hydrogen-bond acceptors (Lipinski definition) is 4. The molecule has 1 heterocycles. The Kier molecular flexibility index (Phi) is 5.25. The van der Waals surface area contributed by atoms with Crippen molar-refractivity contribution in [1.82, 2.24) is 4.90 Å². The highest BCUT2D eigenvalue weighted by Crippen LogP contribution is 2.39. The Labute approximate surface area is 134 Å². The highest BCUT2D eigenvalue weighted by Gasteiger charge is 2.49. The fourth-order valence-electron chi connectivity index (χ4n) is 1.81. The van der Waals surface area contributed by atoms with Crippen LogP contribution in [-0.4, -0.2) is 51.0 Å². The van der Waals surface area contributed by atoms with E-state index in [-0.39, 0.29) is 10.8 Å². The van der Waals surface area contributed by atoms with E-state index < -0.39 is 39.0 Å². The summed E-state index contributed by atoms with van der Waals surface area (Å²) in [5, 5.41) is -0.171. The molecule has 0 bridgehead atoms. The highest BCUT2D eigenvalue weighted by atomic mass is 28.4. The van der Waals surface area contributed by atoms with E-state index in [9.17, 15) is 22.8 Å². The lowest BCUT2D eigenvalue weighted by molar-refractivity contribution is -0.187. The van der Waals surface area contributed by atoms with Gasteiger partial charge in [-0.25, -0.2) is 4.79 Å². The first-order valence-corrected chi connectivity index (χ1v) is 9.97. The second-order valence-electron chi connectivity index (χ2n) is 6.89. The summed E-state index contributed by atoms with van der Waals surface area (Å²) in [6.45, 7) is 9.39. The Hall–Kier alpha value is -1.51. The van der Waals surface area contributed by atoms with Crippen LogP contribution in [0.2, 0.25) is 18.1 Å². The molecule has 1 amide bonds. The maximum atomic E-state index is 12.7. The van der Waals surface area contributed by atoms with Gasteiger partial charge in [0.15, 0.2) is 6.04 Å². The lowest BCUT2D eigenvalue weighted by Gasteiger charge is -2.37. The Morgan fingerprint density at radius 3 is 2.17 bits per heavy atom. The van der Waals surface area contributed by atoms with Crippen LogP contribution in [0.25, 0.3) is 0 Å². The van der Waals surface area contributed by atoms with Crippen LogP contribution in [0.5, 0.6) is 0 Å². The number of hydrogen-bond donors (Lipinski definition) is 0. The van der Waals surface area contributed by atoms with Crippen molar-refractivity contribution >= 4 is 20.2 Å². The van der Waals surface area contributed by atoms with E-state index in [1.807, 2.05) is 33.9 Å². The quantitative estimate of drug-likeness (QED) is 0.578. The molecule has 0 aromatic carbocycles.